The van der Waals surface area contributed by atoms with Crippen molar-refractivity contribution in [3.63, 3.8) is 0 Å². The van der Waals surface area contributed by atoms with Crippen LogP contribution in [0, 0.1) is 0 Å². The maximum absolute atomic E-state index is 6.09. The summed E-state index contributed by atoms with van der Waals surface area (Å²) in [6.45, 7) is 7.16. The van der Waals surface area contributed by atoms with Crippen molar-refractivity contribution in [3.05, 3.63) is 77.9 Å². The van der Waals surface area contributed by atoms with Crippen molar-refractivity contribution in [1.82, 2.24) is 5.32 Å². The van der Waals surface area contributed by atoms with Crippen LogP contribution in [-0.4, -0.2) is 6.10 Å². The van der Waals surface area contributed by atoms with Crippen LogP contribution in [0.5, 0.6) is 5.75 Å². The second-order valence-corrected chi connectivity index (χ2v) is 6.68. The van der Waals surface area contributed by atoms with Crippen LogP contribution < -0.4 is 10.1 Å². The zero-order valence-electron chi connectivity index (χ0n) is 15.3. The van der Waals surface area contributed by atoms with E-state index >= 15 is 0 Å². The van der Waals surface area contributed by atoms with Crippen molar-refractivity contribution in [3.8, 4) is 5.75 Å². The van der Waals surface area contributed by atoms with E-state index in [1.807, 2.05) is 0 Å². The van der Waals surface area contributed by atoms with E-state index in [0.29, 0.717) is 6.04 Å². The van der Waals surface area contributed by atoms with E-state index in [1.54, 1.807) is 0 Å². The molecular formula is C23H27NO. The zero-order valence-corrected chi connectivity index (χ0v) is 15.3. The molecule has 0 aliphatic rings. The molecule has 3 rings (SSSR count). The van der Waals surface area contributed by atoms with Crippen molar-refractivity contribution < 1.29 is 4.74 Å². The third kappa shape index (κ3) is 4.21. The summed E-state index contributed by atoms with van der Waals surface area (Å²) < 4.78 is 6.09. The summed E-state index contributed by atoms with van der Waals surface area (Å²) in [4.78, 5) is 0. The van der Waals surface area contributed by atoms with E-state index in [2.05, 4.69) is 92.8 Å². The summed E-state index contributed by atoms with van der Waals surface area (Å²) in [5.41, 5.74) is 2.57. The van der Waals surface area contributed by atoms with Crippen LogP contribution in [0.25, 0.3) is 10.8 Å². The molecule has 0 fully saturated rings. The Labute approximate surface area is 150 Å². The Morgan fingerprint density at radius 3 is 2.32 bits per heavy atom. The van der Waals surface area contributed by atoms with Crippen molar-refractivity contribution in [2.45, 2.75) is 45.9 Å². The predicted octanol–water partition coefficient (Wildman–Crippen LogP) is 5.87. The van der Waals surface area contributed by atoms with Gasteiger partial charge in [-0.15, -0.1) is 0 Å². The van der Waals surface area contributed by atoms with Gasteiger partial charge in [-0.05, 0) is 42.7 Å². The number of hydrogen-bond donors (Lipinski definition) is 1. The Bertz CT molecular complexity index is 811. The van der Waals surface area contributed by atoms with Gasteiger partial charge in [0.1, 0.15) is 5.75 Å². The predicted molar refractivity (Wildman–Crippen MR) is 106 cm³/mol. The van der Waals surface area contributed by atoms with Gasteiger partial charge in [-0.2, -0.15) is 0 Å². The molecule has 0 radical (unpaired) electrons. The molecule has 0 spiro atoms. The maximum atomic E-state index is 6.09. The quantitative estimate of drug-likeness (QED) is 0.584. The fourth-order valence-electron chi connectivity index (χ4n) is 3.27. The van der Waals surface area contributed by atoms with Gasteiger partial charge < -0.3 is 10.1 Å². The highest BCUT2D eigenvalue weighted by Crippen LogP contribution is 2.30. The standard InChI is InChI=1S/C23H27NO/c1-4-22(19-11-6-5-7-12-19)24-16-21-20-13-9-8-10-18(20)14-15-23(21)25-17(2)3/h5-15,17,22,24H,4,16H2,1-3H3. The van der Waals surface area contributed by atoms with Crippen molar-refractivity contribution in [2.24, 2.45) is 0 Å². The van der Waals surface area contributed by atoms with Crippen LogP contribution in [-0.2, 0) is 6.54 Å². The smallest absolute Gasteiger partial charge is 0.124 e. The molecule has 0 saturated heterocycles. The van der Waals surface area contributed by atoms with Gasteiger partial charge in [-0.3, -0.25) is 0 Å². The van der Waals surface area contributed by atoms with Crippen LogP contribution in [0.1, 0.15) is 44.4 Å². The number of hydrogen-bond acceptors (Lipinski definition) is 2. The molecule has 2 nitrogen and oxygen atoms in total. The lowest BCUT2D eigenvalue weighted by molar-refractivity contribution is 0.239. The normalized spacial score (nSPS) is 12.5. The average Bonchev–Trinajstić information content (AvgIpc) is 2.64. The lowest BCUT2D eigenvalue weighted by Gasteiger charge is -2.21. The SMILES string of the molecule is CCC(NCc1c(OC(C)C)ccc2ccccc12)c1ccccc1. The fraction of sp³-hybridized carbons (Fsp3) is 0.304. The maximum Gasteiger partial charge on any atom is 0.124 e. The van der Waals surface area contributed by atoms with Gasteiger partial charge in [0, 0.05) is 18.2 Å². The van der Waals surface area contributed by atoms with E-state index in [0.717, 1.165) is 18.7 Å². The second-order valence-electron chi connectivity index (χ2n) is 6.68. The first-order chi connectivity index (χ1) is 12.2. The van der Waals surface area contributed by atoms with E-state index in [-0.39, 0.29) is 6.10 Å². The topological polar surface area (TPSA) is 21.3 Å². The van der Waals surface area contributed by atoms with Crippen LogP contribution in [0.15, 0.2) is 66.7 Å². The molecule has 0 saturated carbocycles. The monoisotopic (exact) mass is 333 g/mol. The fourth-order valence-corrected chi connectivity index (χ4v) is 3.27. The zero-order chi connectivity index (χ0) is 17.6. The van der Waals surface area contributed by atoms with E-state index in [4.69, 9.17) is 4.74 Å². The number of nitrogens with one attached hydrogen (secondary N) is 1. The highest BCUT2D eigenvalue weighted by molar-refractivity contribution is 5.87. The van der Waals surface area contributed by atoms with Crippen LogP contribution in [0.3, 0.4) is 0 Å². The van der Waals surface area contributed by atoms with Gasteiger partial charge in [0.05, 0.1) is 6.10 Å². The van der Waals surface area contributed by atoms with Crippen molar-refractivity contribution in [2.75, 3.05) is 0 Å². The lowest BCUT2D eigenvalue weighted by Crippen LogP contribution is -2.21. The van der Waals surface area contributed by atoms with Crippen LogP contribution in [0.2, 0.25) is 0 Å². The van der Waals surface area contributed by atoms with Crippen LogP contribution >= 0.6 is 0 Å². The Hall–Kier alpha value is -2.32. The molecule has 1 atom stereocenters. The number of fused-ring (bicyclic) bond motifs is 1. The van der Waals surface area contributed by atoms with E-state index < -0.39 is 0 Å². The molecule has 0 amide bonds. The van der Waals surface area contributed by atoms with Crippen molar-refractivity contribution >= 4 is 10.8 Å². The average molecular weight is 333 g/mol. The lowest BCUT2D eigenvalue weighted by atomic mass is 10.0. The number of rotatable bonds is 7. The van der Waals surface area contributed by atoms with Gasteiger partial charge >= 0.3 is 0 Å². The molecule has 0 aromatic heterocycles. The molecule has 1 unspecified atom stereocenters. The number of benzene rings is 3. The molecule has 0 bridgehead atoms. The molecule has 0 heterocycles. The molecule has 0 aliphatic heterocycles. The first-order valence-electron chi connectivity index (χ1n) is 9.14. The molecule has 3 aromatic rings. The van der Waals surface area contributed by atoms with Gasteiger partial charge in [0.15, 0.2) is 0 Å². The molecule has 1 N–H and O–H groups in total. The Balaban J connectivity index is 1.90. The summed E-state index contributed by atoms with van der Waals surface area (Å²) in [5.74, 6) is 0.976. The van der Waals surface area contributed by atoms with Gasteiger partial charge in [-0.25, -0.2) is 0 Å². The van der Waals surface area contributed by atoms with Crippen molar-refractivity contribution in [1.29, 1.82) is 0 Å². The summed E-state index contributed by atoms with van der Waals surface area (Å²) in [6.07, 6.45) is 1.21. The third-order valence-electron chi connectivity index (χ3n) is 4.50. The third-order valence-corrected chi connectivity index (χ3v) is 4.50. The largest absolute Gasteiger partial charge is 0.491 e. The molecule has 3 aromatic carbocycles. The molecule has 0 aliphatic carbocycles. The Morgan fingerprint density at radius 2 is 1.60 bits per heavy atom. The van der Waals surface area contributed by atoms with E-state index in [1.165, 1.54) is 21.9 Å². The minimum atomic E-state index is 0.163. The highest BCUT2D eigenvalue weighted by Gasteiger charge is 2.13. The minimum Gasteiger partial charge on any atom is -0.491 e. The van der Waals surface area contributed by atoms with E-state index in [9.17, 15) is 0 Å². The molecular weight excluding hydrogens is 306 g/mol. The highest BCUT2D eigenvalue weighted by atomic mass is 16.5. The van der Waals surface area contributed by atoms with Gasteiger partial charge in [-0.1, -0.05) is 67.6 Å². The number of ether oxygens (including phenoxy) is 1. The Kier molecular flexibility index (Phi) is 5.72. The van der Waals surface area contributed by atoms with Gasteiger partial charge in [0.25, 0.3) is 0 Å². The molecule has 25 heavy (non-hydrogen) atoms. The summed E-state index contributed by atoms with van der Waals surface area (Å²) in [6, 6.07) is 23.8. The first kappa shape index (κ1) is 17.5. The van der Waals surface area contributed by atoms with Crippen LogP contribution in [0.4, 0.5) is 0 Å². The summed E-state index contributed by atoms with van der Waals surface area (Å²) in [5, 5.41) is 6.24. The van der Waals surface area contributed by atoms with Gasteiger partial charge in [0.2, 0.25) is 0 Å². The first-order valence-corrected chi connectivity index (χ1v) is 9.14. The molecule has 2 heteroatoms. The Morgan fingerprint density at radius 1 is 0.880 bits per heavy atom. The second kappa shape index (κ2) is 8.17. The minimum absolute atomic E-state index is 0.163. The summed E-state index contributed by atoms with van der Waals surface area (Å²) in [7, 11) is 0. The summed E-state index contributed by atoms with van der Waals surface area (Å²) >= 11 is 0. The molecule has 130 valence electrons.